The molecule has 0 nitrogen and oxygen atoms in total. The Labute approximate surface area is 153 Å². The first-order valence-corrected chi connectivity index (χ1v) is 9.61. The van der Waals surface area contributed by atoms with Crippen molar-refractivity contribution < 1.29 is 0 Å². The van der Waals surface area contributed by atoms with Crippen LogP contribution in [0.3, 0.4) is 0 Å². The van der Waals surface area contributed by atoms with Crippen molar-refractivity contribution in [1.29, 1.82) is 0 Å². The van der Waals surface area contributed by atoms with Gasteiger partial charge in [0.25, 0.3) is 0 Å². The third-order valence-corrected chi connectivity index (χ3v) is 4.53. The smallest absolute Gasteiger partial charge is 0.0202 e. The van der Waals surface area contributed by atoms with E-state index >= 15 is 0 Å². The largest absolute Gasteiger partial charge is 0.109 e. The number of benzene rings is 1. The lowest BCUT2D eigenvalue weighted by molar-refractivity contribution is 0.680. The summed E-state index contributed by atoms with van der Waals surface area (Å²) in [7, 11) is 0. The fraction of sp³-hybridized carbons (Fsp3) is 0.320. The molecule has 0 unspecified atom stereocenters. The monoisotopic (exact) mass is 330 g/mol. The molecule has 0 heteroatoms. The van der Waals surface area contributed by atoms with E-state index < -0.39 is 0 Å². The maximum atomic E-state index is 3.90. The van der Waals surface area contributed by atoms with Crippen LogP contribution >= 0.6 is 0 Å². The first-order valence-electron chi connectivity index (χ1n) is 9.61. The zero-order chi connectivity index (χ0) is 17.9. The van der Waals surface area contributed by atoms with Crippen molar-refractivity contribution in [2.24, 2.45) is 0 Å². The summed E-state index contributed by atoms with van der Waals surface area (Å²) in [6, 6.07) is 8.57. The van der Waals surface area contributed by atoms with E-state index in [1.165, 1.54) is 47.1 Å². The van der Waals surface area contributed by atoms with E-state index in [2.05, 4.69) is 67.0 Å². The molecule has 1 aromatic rings. The molecule has 0 spiro atoms. The molecule has 130 valence electrons. The Morgan fingerprint density at radius 3 is 2.60 bits per heavy atom. The van der Waals surface area contributed by atoms with Crippen LogP contribution in [0.2, 0.25) is 0 Å². The zero-order valence-electron chi connectivity index (χ0n) is 15.7. The van der Waals surface area contributed by atoms with Gasteiger partial charge in [0, 0.05) is 5.57 Å². The number of hydrogen-bond acceptors (Lipinski definition) is 0. The van der Waals surface area contributed by atoms with Gasteiger partial charge in [-0.15, -0.1) is 5.73 Å². The van der Waals surface area contributed by atoms with Crippen LogP contribution in [0.15, 0.2) is 83.7 Å². The molecule has 0 heterocycles. The molecule has 0 N–H and O–H groups in total. The molecule has 0 aliphatic heterocycles. The maximum Gasteiger partial charge on any atom is 0.0202 e. The van der Waals surface area contributed by atoms with Crippen LogP contribution in [0.1, 0.15) is 57.1 Å². The second-order valence-corrected chi connectivity index (χ2v) is 6.19. The minimum atomic E-state index is 1.06. The third kappa shape index (κ3) is 5.62. The molecule has 1 aromatic carbocycles. The second kappa shape index (κ2) is 10.5. The topological polar surface area (TPSA) is 0 Å². The lowest BCUT2D eigenvalue weighted by atomic mass is 10.00. The van der Waals surface area contributed by atoms with Gasteiger partial charge in [0.05, 0.1) is 0 Å². The minimum Gasteiger partial charge on any atom is -0.109 e. The highest BCUT2D eigenvalue weighted by Crippen LogP contribution is 2.26. The molecule has 2 aliphatic rings. The summed E-state index contributed by atoms with van der Waals surface area (Å²) in [4.78, 5) is 0. The second-order valence-electron chi connectivity index (χ2n) is 6.19. The summed E-state index contributed by atoms with van der Waals surface area (Å²) < 4.78 is 0. The molecule has 25 heavy (non-hydrogen) atoms. The van der Waals surface area contributed by atoms with Gasteiger partial charge in [-0.3, -0.25) is 0 Å². The van der Waals surface area contributed by atoms with Crippen LogP contribution in [-0.4, -0.2) is 0 Å². The summed E-state index contributed by atoms with van der Waals surface area (Å²) in [6.07, 6.45) is 20.1. The molecule has 2 aliphatic carbocycles. The van der Waals surface area contributed by atoms with Crippen molar-refractivity contribution >= 4 is 6.08 Å². The van der Waals surface area contributed by atoms with E-state index in [0.717, 1.165) is 19.3 Å². The maximum absolute atomic E-state index is 3.90. The number of aryl methyl sites for hydroxylation is 1. The summed E-state index contributed by atoms with van der Waals surface area (Å²) >= 11 is 0. The predicted molar refractivity (Wildman–Crippen MR) is 112 cm³/mol. The van der Waals surface area contributed by atoms with Crippen LogP contribution in [0.4, 0.5) is 0 Å². The Morgan fingerprint density at radius 1 is 1.04 bits per heavy atom. The number of unbranched alkanes of at least 4 members (excludes halogenated alkanes) is 2. The molecule has 0 saturated heterocycles. The zero-order valence-corrected chi connectivity index (χ0v) is 15.7. The summed E-state index contributed by atoms with van der Waals surface area (Å²) in [5.41, 5.74) is 10.3. The molecule has 0 amide bonds. The lowest BCUT2D eigenvalue weighted by Crippen LogP contribution is -1.89. The molecule has 0 atom stereocenters. The number of rotatable bonds is 8. The predicted octanol–water partition coefficient (Wildman–Crippen LogP) is 7.37. The number of allylic oxidation sites excluding steroid dienone is 7. The van der Waals surface area contributed by atoms with Crippen LogP contribution in [0.25, 0.3) is 6.08 Å². The van der Waals surface area contributed by atoms with Crippen molar-refractivity contribution in [2.45, 2.75) is 52.4 Å². The normalized spacial score (nSPS) is 14.6. The van der Waals surface area contributed by atoms with Gasteiger partial charge in [-0.1, -0.05) is 81.5 Å². The van der Waals surface area contributed by atoms with Crippen molar-refractivity contribution in [2.75, 3.05) is 0 Å². The Balaban J connectivity index is 0.00000109. The molecule has 0 aromatic heterocycles. The van der Waals surface area contributed by atoms with Crippen LogP contribution in [0.5, 0.6) is 0 Å². The molecule has 3 rings (SSSR count). The van der Waals surface area contributed by atoms with E-state index in [1.807, 2.05) is 19.9 Å². The molecule has 0 saturated carbocycles. The fourth-order valence-electron chi connectivity index (χ4n) is 3.19. The Bertz CT molecular complexity index is 731. The Kier molecular flexibility index (Phi) is 8.02. The SMILES string of the molecule is C=Cc1ccccc1CCCCCC1=C=C(C2=CC=CC2)C=C1.CC. The highest BCUT2D eigenvalue weighted by Gasteiger charge is 2.08. The summed E-state index contributed by atoms with van der Waals surface area (Å²) in [5.74, 6) is 0. The van der Waals surface area contributed by atoms with Gasteiger partial charge in [-0.2, -0.15) is 0 Å². The van der Waals surface area contributed by atoms with E-state index in [-0.39, 0.29) is 0 Å². The first kappa shape index (κ1) is 19.0. The molecular weight excluding hydrogens is 300 g/mol. The van der Waals surface area contributed by atoms with Crippen molar-refractivity contribution in [1.82, 2.24) is 0 Å². The third-order valence-electron chi connectivity index (χ3n) is 4.53. The highest BCUT2D eigenvalue weighted by atomic mass is 14.1. The van der Waals surface area contributed by atoms with Gasteiger partial charge >= 0.3 is 0 Å². The van der Waals surface area contributed by atoms with E-state index in [4.69, 9.17) is 0 Å². The van der Waals surface area contributed by atoms with Gasteiger partial charge < -0.3 is 0 Å². The van der Waals surface area contributed by atoms with E-state index in [1.54, 1.807) is 0 Å². The standard InChI is InChI=1S/C23H24.C2H6/c1-2-20-11-6-7-13-21(20)12-5-3-4-10-19-16-17-23(18-19)22-14-8-9-15-22;1-2/h2,6-9,11,13-14,16-17H,1,3-5,10,12,15H2;1-2H3. The number of hydrogen-bond donors (Lipinski definition) is 0. The van der Waals surface area contributed by atoms with Crippen LogP contribution < -0.4 is 0 Å². The van der Waals surface area contributed by atoms with Crippen LogP contribution in [-0.2, 0) is 6.42 Å². The van der Waals surface area contributed by atoms with Crippen LogP contribution in [0, 0.1) is 0 Å². The van der Waals surface area contributed by atoms with Gasteiger partial charge in [-0.25, -0.2) is 0 Å². The summed E-state index contributed by atoms with van der Waals surface area (Å²) in [5, 5.41) is 0. The van der Waals surface area contributed by atoms with Crippen molar-refractivity contribution in [3.63, 3.8) is 0 Å². The van der Waals surface area contributed by atoms with Gasteiger partial charge in [0.15, 0.2) is 0 Å². The average Bonchev–Trinajstić information content (AvgIpc) is 3.35. The first-order chi connectivity index (χ1) is 12.4. The average molecular weight is 331 g/mol. The fourth-order valence-corrected chi connectivity index (χ4v) is 3.19. The quantitative estimate of drug-likeness (QED) is 0.345. The molecule has 0 radical (unpaired) electrons. The van der Waals surface area contributed by atoms with Gasteiger partial charge in [-0.05, 0) is 60.5 Å². The van der Waals surface area contributed by atoms with E-state index in [9.17, 15) is 0 Å². The van der Waals surface area contributed by atoms with Crippen molar-refractivity contribution in [3.8, 4) is 0 Å². The minimum absolute atomic E-state index is 1.06. The van der Waals surface area contributed by atoms with Gasteiger partial charge in [0.1, 0.15) is 0 Å². The Morgan fingerprint density at radius 2 is 1.84 bits per heavy atom. The lowest BCUT2D eigenvalue weighted by Gasteiger charge is -2.05. The Hall–Kier alpha value is -2.30. The molecule has 0 bridgehead atoms. The highest BCUT2D eigenvalue weighted by molar-refractivity contribution is 5.52. The molecule has 0 fully saturated rings. The van der Waals surface area contributed by atoms with E-state index in [0.29, 0.717) is 0 Å². The van der Waals surface area contributed by atoms with Gasteiger partial charge in [0.2, 0.25) is 0 Å². The molecular formula is C25H30. The summed E-state index contributed by atoms with van der Waals surface area (Å²) in [6.45, 7) is 7.90. The van der Waals surface area contributed by atoms with Crippen molar-refractivity contribution in [3.05, 3.63) is 94.8 Å².